The Balaban J connectivity index is 2.33. The molecule has 0 amide bonds. The average molecular weight is 294 g/mol. The molecule has 2 rings (SSSR count). The van der Waals surface area contributed by atoms with E-state index in [9.17, 15) is 0 Å². The van der Waals surface area contributed by atoms with Gasteiger partial charge in [-0.1, -0.05) is 29.8 Å². The molecule has 2 N–H and O–H groups in total. The lowest BCUT2D eigenvalue weighted by Gasteiger charge is -2.19. The number of halogens is 1. The summed E-state index contributed by atoms with van der Waals surface area (Å²) in [5, 5.41) is 4.57. The third kappa shape index (κ3) is 2.58. The Morgan fingerprint density at radius 2 is 1.88 bits per heavy atom. The van der Waals surface area contributed by atoms with Gasteiger partial charge < -0.3 is 5.73 Å². The number of rotatable bonds is 3. The van der Waals surface area contributed by atoms with Crippen molar-refractivity contribution in [2.45, 2.75) is 19.3 Å². The van der Waals surface area contributed by atoms with Gasteiger partial charge in [-0.2, -0.15) is 5.10 Å². The van der Waals surface area contributed by atoms with Gasteiger partial charge in [-0.15, -0.1) is 0 Å². The second-order valence-corrected chi connectivity index (χ2v) is 5.63. The van der Waals surface area contributed by atoms with Crippen molar-refractivity contribution in [3.8, 4) is 5.69 Å². The average Bonchev–Trinajstić information content (AvgIpc) is 2.80. The van der Waals surface area contributed by atoms with E-state index >= 15 is 0 Å². The molecule has 0 atom stereocenters. The van der Waals surface area contributed by atoms with Crippen LogP contribution in [0.2, 0.25) is 0 Å². The molecule has 0 aliphatic heterocycles. The van der Waals surface area contributed by atoms with Crippen molar-refractivity contribution in [1.82, 2.24) is 9.78 Å². The third-order valence-corrected chi connectivity index (χ3v) is 3.41. The minimum absolute atomic E-state index is 0.0827. The minimum atomic E-state index is -0.0827. The van der Waals surface area contributed by atoms with Crippen LogP contribution < -0.4 is 5.73 Å². The summed E-state index contributed by atoms with van der Waals surface area (Å²) in [5.41, 5.74) is 7.73. The maximum Gasteiger partial charge on any atom is 0.0697 e. The maximum atomic E-state index is 5.75. The molecule has 0 fully saturated rings. The van der Waals surface area contributed by atoms with Crippen LogP contribution >= 0.6 is 15.9 Å². The van der Waals surface area contributed by atoms with Crippen molar-refractivity contribution in [2.75, 3.05) is 6.54 Å². The van der Waals surface area contributed by atoms with Crippen molar-refractivity contribution in [2.24, 2.45) is 5.73 Å². The van der Waals surface area contributed by atoms with Crippen LogP contribution in [0.25, 0.3) is 5.69 Å². The Morgan fingerprint density at radius 1 is 1.24 bits per heavy atom. The lowest BCUT2D eigenvalue weighted by molar-refractivity contribution is 0.516. The lowest BCUT2D eigenvalue weighted by atomic mass is 9.90. The summed E-state index contributed by atoms with van der Waals surface area (Å²) in [5.74, 6) is 0. The number of aromatic nitrogens is 2. The van der Waals surface area contributed by atoms with E-state index in [1.807, 2.05) is 41.2 Å². The van der Waals surface area contributed by atoms with Gasteiger partial charge in [-0.3, -0.25) is 0 Å². The molecule has 0 radical (unpaired) electrons. The van der Waals surface area contributed by atoms with E-state index in [1.54, 1.807) is 0 Å². The summed E-state index contributed by atoms with van der Waals surface area (Å²) in [4.78, 5) is 0. The predicted octanol–water partition coefficient (Wildman–Crippen LogP) is 2.87. The van der Waals surface area contributed by atoms with Crippen LogP contribution in [-0.4, -0.2) is 16.3 Å². The van der Waals surface area contributed by atoms with Crippen molar-refractivity contribution < 1.29 is 0 Å². The standard InChI is InChI=1S/C13H16BrN3/c1-13(2,9-15)12-7-8-17(16-12)11-5-3-10(14)4-6-11/h3-8H,9,15H2,1-2H3. The number of hydrogen-bond acceptors (Lipinski definition) is 2. The maximum absolute atomic E-state index is 5.75. The summed E-state index contributed by atoms with van der Waals surface area (Å²) in [7, 11) is 0. The molecule has 1 heterocycles. The Morgan fingerprint density at radius 3 is 2.47 bits per heavy atom. The van der Waals surface area contributed by atoms with Crippen LogP contribution in [0.1, 0.15) is 19.5 Å². The first-order valence-electron chi connectivity index (χ1n) is 5.55. The molecule has 90 valence electrons. The summed E-state index contributed by atoms with van der Waals surface area (Å²) < 4.78 is 2.94. The smallest absolute Gasteiger partial charge is 0.0697 e. The molecule has 1 aromatic heterocycles. The van der Waals surface area contributed by atoms with Crippen LogP contribution in [0.5, 0.6) is 0 Å². The normalized spacial score (nSPS) is 11.8. The van der Waals surface area contributed by atoms with E-state index in [0.717, 1.165) is 15.9 Å². The highest BCUT2D eigenvalue weighted by molar-refractivity contribution is 9.10. The molecule has 0 bridgehead atoms. The molecule has 2 aromatic rings. The van der Waals surface area contributed by atoms with Crippen molar-refractivity contribution in [3.05, 3.63) is 46.7 Å². The van der Waals surface area contributed by atoms with Gasteiger partial charge in [0.25, 0.3) is 0 Å². The SMILES string of the molecule is CC(C)(CN)c1ccn(-c2ccc(Br)cc2)n1. The highest BCUT2D eigenvalue weighted by Crippen LogP contribution is 2.21. The zero-order chi connectivity index (χ0) is 12.5. The van der Waals surface area contributed by atoms with Gasteiger partial charge in [0.1, 0.15) is 0 Å². The third-order valence-electron chi connectivity index (χ3n) is 2.88. The molecule has 17 heavy (non-hydrogen) atoms. The first-order valence-corrected chi connectivity index (χ1v) is 6.34. The molecular formula is C13H16BrN3. The van der Waals surface area contributed by atoms with Crippen molar-refractivity contribution in [3.63, 3.8) is 0 Å². The minimum Gasteiger partial charge on any atom is -0.330 e. The summed E-state index contributed by atoms with van der Waals surface area (Å²) >= 11 is 3.42. The van der Waals surface area contributed by atoms with Gasteiger partial charge in [-0.25, -0.2) is 4.68 Å². The molecule has 0 saturated carbocycles. The van der Waals surface area contributed by atoms with Gasteiger partial charge in [-0.05, 0) is 30.3 Å². The molecule has 0 aliphatic rings. The van der Waals surface area contributed by atoms with E-state index in [-0.39, 0.29) is 5.41 Å². The number of hydrogen-bond donors (Lipinski definition) is 1. The fraction of sp³-hybridized carbons (Fsp3) is 0.308. The van der Waals surface area contributed by atoms with E-state index in [2.05, 4.69) is 34.9 Å². The van der Waals surface area contributed by atoms with Crippen LogP contribution in [0.15, 0.2) is 41.0 Å². The molecule has 1 aromatic carbocycles. The second kappa shape index (κ2) is 4.63. The van der Waals surface area contributed by atoms with Crippen LogP contribution in [-0.2, 0) is 5.41 Å². The monoisotopic (exact) mass is 293 g/mol. The van der Waals surface area contributed by atoms with Gasteiger partial charge in [0.2, 0.25) is 0 Å². The molecule has 0 aliphatic carbocycles. The first-order chi connectivity index (χ1) is 8.03. The Kier molecular flexibility index (Phi) is 3.35. The Labute approximate surface area is 110 Å². The van der Waals surface area contributed by atoms with E-state index in [4.69, 9.17) is 5.73 Å². The summed E-state index contributed by atoms with van der Waals surface area (Å²) in [6.45, 7) is 4.78. The fourth-order valence-electron chi connectivity index (χ4n) is 1.53. The number of benzene rings is 1. The fourth-order valence-corrected chi connectivity index (χ4v) is 1.79. The molecule has 0 saturated heterocycles. The summed E-state index contributed by atoms with van der Waals surface area (Å²) in [6.07, 6.45) is 1.97. The van der Waals surface area contributed by atoms with E-state index < -0.39 is 0 Å². The lowest BCUT2D eigenvalue weighted by Crippen LogP contribution is -2.28. The van der Waals surface area contributed by atoms with Gasteiger partial charge in [0.15, 0.2) is 0 Å². The Hall–Kier alpha value is -1.13. The zero-order valence-corrected chi connectivity index (χ0v) is 11.6. The van der Waals surface area contributed by atoms with Gasteiger partial charge >= 0.3 is 0 Å². The van der Waals surface area contributed by atoms with Crippen LogP contribution in [0.4, 0.5) is 0 Å². The van der Waals surface area contributed by atoms with Gasteiger partial charge in [0, 0.05) is 22.6 Å². The first kappa shape index (κ1) is 12.3. The zero-order valence-electron chi connectivity index (χ0n) is 10.0. The quantitative estimate of drug-likeness (QED) is 0.946. The second-order valence-electron chi connectivity index (χ2n) is 4.71. The molecule has 4 heteroatoms. The highest BCUT2D eigenvalue weighted by Gasteiger charge is 2.21. The molecule has 0 unspecified atom stereocenters. The highest BCUT2D eigenvalue weighted by atomic mass is 79.9. The topological polar surface area (TPSA) is 43.8 Å². The van der Waals surface area contributed by atoms with E-state index in [0.29, 0.717) is 6.54 Å². The van der Waals surface area contributed by atoms with Gasteiger partial charge in [0.05, 0.1) is 11.4 Å². The predicted molar refractivity (Wildman–Crippen MR) is 73.3 cm³/mol. The van der Waals surface area contributed by atoms with Crippen LogP contribution in [0.3, 0.4) is 0 Å². The molecular weight excluding hydrogens is 278 g/mol. The number of nitrogens with zero attached hydrogens (tertiary/aromatic N) is 2. The van der Waals surface area contributed by atoms with Crippen LogP contribution in [0, 0.1) is 0 Å². The largest absolute Gasteiger partial charge is 0.330 e. The van der Waals surface area contributed by atoms with E-state index in [1.165, 1.54) is 0 Å². The van der Waals surface area contributed by atoms with Crippen molar-refractivity contribution in [1.29, 1.82) is 0 Å². The van der Waals surface area contributed by atoms with Crippen molar-refractivity contribution >= 4 is 15.9 Å². The molecule has 3 nitrogen and oxygen atoms in total. The summed E-state index contributed by atoms with van der Waals surface area (Å²) in [6, 6.07) is 10.1. The molecule has 0 spiro atoms. The number of nitrogens with two attached hydrogens (primary N) is 1. The Bertz CT molecular complexity index is 500.